The molecule has 0 saturated heterocycles. The average Bonchev–Trinajstić information content (AvgIpc) is 3.15. The number of rotatable bonds is 2. The summed E-state index contributed by atoms with van der Waals surface area (Å²) in [6.07, 6.45) is 3.21. The minimum Gasteiger partial charge on any atom is -0.399 e. The first-order chi connectivity index (χ1) is 12.0. The normalized spacial score (nSPS) is 13.7. The summed E-state index contributed by atoms with van der Waals surface area (Å²) in [5, 5.41) is 19.8. The maximum atomic E-state index is 9.27. The van der Waals surface area contributed by atoms with Gasteiger partial charge in [-0.1, -0.05) is 18.2 Å². The predicted octanol–water partition coefficient (Wildman–Crippen LogP) is 2.67. The fraction of sp³-hybridized carbons (Fsp3) is 0.235. The molecule has 0 aliphatic carbocycles. The van der Waals surface area contributed by atoms with E-state index in [2.05, 4.69) is 17.6 Å². The van der Waals surface area contributed by atoms with Crippen LogP contribution in [-0.2, 0) is 19.9 Å². The van der Waals surface area contributed by atoms with E-state index in [0.717, 1.165) is 39.7 Å². The zero-order valence-electron chi connectivity index (χ0n) is 13.8. The van der Waals surface area contributed by atoms with Crippen LogP contribution >= 0.6 is 11.6 Å². The monoisotopic (exact) mass is 350 g/mol. The second-order valence-electron chi connectivity index (χ2n) is 6.40. The highest BCUT2D eigenvalue weighted by Gasteiger charge is 2.29. The van der Waals surface area contributed by atoms with E-state index in [-0.39, 0.29) is 6.71 Å². The largest absolute Gasteiger partial charge is 0.399 e. The first-order valence-electron chi connectivity index (χ1n) is 8.05. The van der Waals surface area contributed by atoms with Crippen LogP contribution in [0.15, 0.2) is 24.9 Å². The summed E-state index contributed by atoms with van der Waals surface area (Å²) in [7, 11) is 1.86. The van der Waals surface area contributed by atoms with Gasteiger partial charge in [-0.05, 0) is 24.8 Å². The lowest BCUT2D eigenvalue weighted by Crippen LogP contribution is -2.26. The Labute approximate surface area is 150 Å². The van der Waals surface area contributed by atoms with Gasteiger partial charge in [0.05, 0.1) is 16.7 Å². The Morgan fingerprint density at radius 1 is 1.48 bits per heavy atom. The lowest BCUT2D eigenvalue weighted by atomic mass is 9.44. The molecule has 0 bridgehead atoms. The molecule has 3 aromatic rings. The molecule has 0 fully saturated rings. The molecule has 124 valence electrons. The van der Waals surface area contributed by atoms with Crippen molar-refractivity contribution in [1.82, 2.24) is 19.6 Å². The van der Waals surface area contributed by atoms with Gasteiger partial charge in [0.15, 0.2) is 0 Å². The highest BCUT2D eigenvalue weighted by molar-refractivity contribution is 6.66. The Bertz CT molecular complexity index is 1060. The zero-order valence-corrected chi connectivity index (χ0v) is 14.6. The maximum Gasteiger partial charge on any atom is 0.275 e. The van der Waals surface area contributed by atoms with Crippen LogP contribution in [0, 0.1) is 11.2 Å². The van der Waals surface area contributed by atoms with Crippen molar-refractivity contribution in [2.24, 2.45) is 12.8 Å². The van der Waals surface area contributed by atoms with E-state index in [1.807, 2.05) is 23.9 Å². The maximum absolute atomic E-state index is 9.27. The summed E-state index contributed by atoms with van der Waals surface area (Å²) < 4.78 is 3.69. The molecule has 0 radical (unpaired) electrons. The standard InChI is InChI=1S/C17H16BClN6/c1-10(21)15-14-7-18(9-20)3-4-25(14)23-16(15)11-5-12-8-22-24(2)17(12)13(19)6-11/h5-6,8H,1,3-4,7,21H2,2H3. The van der Waals surface area contributed by atoms with E-state index in [9.17, 15) is 5.26 Å². The molecule has 1 aliphatic heterocycles. The molecule has 1 aromatic carbocycles. The number of fused-ring (bicyclic) bond motifs is 2. The molecule has 4 rings (SSSR count). The summed E-state index contributed by atoms with van der Waals surface area (Å²) >= 11 is 6.47. The first-order valence-corrected chi connectivity index (χ1v) is 8.43. The summed E-state index contributed by atoms with van der Waals surface area (Å²) in [6, 6.07) is 3.89. The Morgan fingerprint density at radius 3 is 3.00 bits per heavy atom. The van der Waals surface area contributed by atoms with Crippen molar-refractivity contribution >= 4 is 34.9 Å². The minimum absolute atomic E-state index is 0.0143. The van der Waals surface area contributed by atoms with Crippen LogP contribution in [0.5, 0.6) is 0 Å². The molecule has 0 unspecified atom stereocenters. The molecule has 1 aliphatic rings. The summed E-state index contributed by atoms with van der Waals surface area (Å²) in [5.74, 6) is 2.35. The van der Waals surface area contributed by atoms with Gasteiger partial charge < -0.3 is 5.73 Å². The van der Waals surface area contributed by atoms with Gasteiger partial charge >= 0.3 is 0 Å². The van der Waals surface area contributed by atoms with E-state index in [0.29, 0.717) is 23.6 Å². The van der Waals surface area contributed by atoms with Gasteiger partial charge in [0.25, 0.3) is 6.71 Å². The van der Waals surface area contributed by atoms with Crippen LogP contribution in [0.3, 0.4) is 0 Å². The van der Waals surface area contributed by atoms with Gasteiger partial charge in [0, 0.05) is 47.5 Å². The number of nitrogens with two attached hydrogens (primary N) is 1. The lowest BCUT2D eigenvalue weighted by molar-refractivity contribution is 0.616. The molecule has 0 amide bonds. The van der Waals surface area contributed by atoms with E-state index in [1.54, 1.807) is 10.9 Å². The smallest absolute Gasteiger partial charge is 0.275 e. The fourth-order valence-corrected chi connectivity index (χ4v) is 3.90. The first kappa shape index (κ1) is 15.8. The van der Waals surface area contributed by atoms with Gasteiger partial charge in [-0.3, -0.25) is 9.36 Å². The van der Waals surface area contributed by atoms with E-state index in [1.165, 1.54) is 0 Å². The number of nitriles is 1. The van der Waals surface area contributed by atoms with Crippen molar-refractivity contribution in [2.45, 2.75) is 19.2 Å². The molecule has 25 heavy (non-hydrogen) atoms. The number of aromatic nitrogens is 4. The lowest BCUT2D eigenvalue weighted by Gasteiger charge is -2.16. The van der Waals surface area contributed by atoms with Gasteiger partial charge in [0.2, 0.25) is 0 Å². The highest BCUT2D eigenvalue weighted by atomic mass is 35.5. The fourth-order valence-electron chi connectivity index (χ4n) is 3.56. The van der Waals surface area contributed by atoms with Crippen molar-refractivity contribution < 1.29 is 0 Å². The molecule has 2 aromatic heterocycles. The molecule has 3 heterocycles. The van der Waals surface area contributed by atoms with Crippen LogP contribution in [0.1, 0.15) is 11.3 Å². The Balaban J connectivity index is 1.93. The number of benzene rings is 1. The third-order valence-corrected chi connectivity index (χ3v) is 5.04. The van der Waals surface area contributed by atoms with Crippen molar-refractivity contribution in [2.75, 3.05) is 0 Å². The predicted molar refractivity (Wildman–Crippen MR) is 100 cm³/mol. The second-order valence-corrected chi connectivity index (χ2v) is 6.81. The molecule has 2 N–H and O–H groups in total. The van der Waals surface area contributed by atoms with Crippen molar-refractivity contribution in [3.63, 3.8) is 0 Å². The van der Waals surface area contributed by atoms with Crippen molar-refractivity contribution in [1.29, 1.82) is 5.26 Å². The quantitative estimate of drug-likeness (QED) is 0.720. The van der Waals surface area contributed by atoms with Gasteiger partial charge in [-0.15, -0.1) is 0 Å². The zero-order chi connectivity index (χ0) is 17.7. The molecular weight excluding hydrogens is 334 g/mol. The van der Waals surface area contributed by atoms with E-state index >= 15 is 0 Å². The summed E-state index contributed by atoms with van der Waals surface area (Å²) in [4.78, 5) is 0. The summed E-state index contributed by atoms with van der Waals surface area (Å²) in [5.41, 5.74) is 10.8. The Hall–Kier alpha value is -2.72. The van der Waals surface area contributed by atoms with Crippen LogP contribution in [0.25, 0.3) is 27.9 Å². The number of hydrogen-bond donors (Lipinski definition) is 1. The van der Waals surface area contributed by atoms with Crippen LogP contribution in [0.2, 0.25) is 11.3 Å². The summed E-state index contributed by atoms with van der Waals surface area (Å²) in [6.45, 7) is 4.61. The molecule has 6 nitrogen and oxygen atoms in total. The van der Waals surface area contributed by atoms with Gasteiger partial charge in [-0.2, -0.15) is 10.2 Å². The van der Waals surface area contributed by atoms with Crippen molar-refractivity contribution in [3.05, 3.63) is 41.2 Å². The molecule has 0 atom stereocenters. The highest BCUT2D eigenvalue weighted by Crippen LogP contribution is 2.35. The minimum atomic E-state index is -0.0143. The number of hydrogen-bond acceptors (Lipinski definition) is 4. The van der Waals surface area contributed by atoms with Crippen LogP contribution in [0.4, 0.5) is 0 Å². The van der Waals surface area contributed by atoms with Crippen LogP contribution < -0.4 is 5.73 Å². The van der Waals surface area contributed by atoms with Crippen molar-refractivity contribution in [3.8, 4) is 17.2 Å². The van der Waals surface area contributed by atoms with E-state index < -0.39 is 0 Å². The Kier molecular flexibility index (Phi) is 3.58. The average molecular weight is 351 g/mol. The van der Waals surface area contributed by atoms with Gasteiger partial charge in [-0.25, -0.2) is 5.26 Å². The number of aryl methyl sites for hydroxylation is 2. The Morgan fingerprint density at radius 2 is 2.28 bits per heavy atom. The number of halogens is 1. The molecule has 8 heteroatoms. The number of nitrogens with zero attached hydrogens (tertiary/aromatic N) is 5. The third kappa shape index (κ3) is 2.41. The topological polar surface area (TPSA) is 85.4 Å². The molecule has 0 spiro atoms. The second kappa shape index (κ2) is 5.68. The molecular formula is C17H16BClN6. The third-order valence-electron chi connectivity index (χ3n) is 4.75. The molecule has 0 saturated carbocycles. The van der Waals surface area contributed by atoms with Gasteiger partial charge in [0.1, 0.15) is 5.69 Å². The van der Waals surface area contributed by atoms with E-state index in [4.69, 9.17) is 22.4 Å². The SMILES string of the molecule is C=C(N)c1c(-c2cc(Cl)c3c(cnn3C)c2)nn2c1CB(C#N)CC2. The van der Waals surface area contributed by atoms with Crippen LogP contribution in [-0.4, -0.2) is 26.3 Å².